The molecule has 0 rings (SSSR count). The minimum Gasteiger partial charge on any atom is -0.480 e. The average molecular weight is 245 g/mol. The number of alkyl carbamates (subject to hydrolysis) is 1. The Balaban J connectivity index is 4.05. The number of hydrogen-bond acceptors (Lipinski definition) is 4. The number of ether oxygens (including phenoxy) is 2. The number of carbonyl (C=O) groups excluding carboxylic acids is 1. The number of methoxy groups -OCH3 is 1. The first-order valence-corrected chi connectivity index (χ1v) is 3.98. The van der Waals surface area contributed by atoms with Crippen LogP contribution in [0.1, 0.15) is 0 Å². The van der Waals surface area contributed by atoms with Crippen LogP contribution in [0.5, 0.6) is 0 Å². The molecule has 2 N–H and O–H groups in total. The van der Waals surface area contributed by atoms with Crippen molar-refractivity contribution in [3.8, 4) is 0 Å². The van der Waals surface area contributed by atoms with Crippen LogP contribution in [0, 0.1) is 0 Å². The van der Waals surface area contributed by atoms with E-state index in [1.54, 1.807) is 5.32 Å². The van der Waals surface area contributed by atoms with Crippen LogP contribution in [-0.4, -0.2) is 49.7 Å². The molecule has 0 aromatic heterocycles. The molecule has 0 heterocycles. The van der Waals surface area contributed by atoms with Gasteiger partial charge in [-0.15, -0.1) is 0 Å². The molecule has 16 heavy (non-hydrogen) atoms. The molecule has 6 nitrogen and oxygen atoms in total. The van der Waals surface area contributed by atoms with Crippen molar-refractivity contribution in [1.29, 1.82) is 0 Å². The predicted molar refractivity (Wildman–Crippen MR) is 43.8 cm³/mol. The Morgan fingerprint density at radius 3 is 2.38 bits per heavy atom. The highest BCUT2D eigenvalue weighted by Gasteiger charge is 2.30. The van der Waals surface area contributed by atoms with E-state index < -0.39 is 30.9 Å². The molecule has 9 heteroatoms. The van der Waals surface area contributed by atoms with E-state index in [1.165, 1.54) is 7.11 Å². The van der Waals surface area contributed by atoms with E-state index in [9.17, 15) is 22.8 Å². The SMILES string of the molecule is COCC(NC(=O)OCC(F)(F)F)C(=O)O. The third-order valence-electron chi connectivity index (χ3n) is 1.29. The van der Waals surface area contributed by atoms with E-state index in [1.807, 2.05) is 0 Å². The van der Waals surface area contributed by atoms with Crippen molar-refractivity contribution in [3.05, 3.63) is 0 Å². The molecule has 0 saturated carbocycles. The number of amides is 1. The Morgan fingerprint density at radius 1 is 1.44 bits per heavy atom. The van der Waals surface area contributed by atoms with Crippen LogP contribution >= 0.6 is 0 Å². The minimum atomic E-state index is -4.66. The van der Waals surface area contributed by atoms with Crippen molar-refractivity contribution in [3.63, 3.8) is 0 Å². The summed E-state index contributed by atoms with van der Waals surface area (Å²) in [6, 6.07) is -1.45. The maximum atomic E-state index is 11.6. The Morgan fingerprint density at radius 2 is 2.00 bits per heavy atom. The van der Waals surface area contributed by atoms with Crippen molar-refractivity contribution in [1.82, 2.24) is 5.32 Å². The summed E-state index contributed by atoms with van der Waals surface area (Å²) >= 11 is 0. The monoisotopic (exact) mass is 245 g/mol. The number of alkyl halides is 3. The molecule has 0 aromatic carbocycles. The molecule has 0 bridgehead atoms. The van der Waals surface area contributed by atoms with Gasteiger partial charge < -0.3 is 19.9 Å². The molecular formula is C7H10F3NO5. The fraction of sp³-hybridized carbons (Fsp3) is 0.714. The number of hydrogen-bond donors (Lipinski definition) is 2. The van der Waals surface area contributed by atoms with Crippen LogP contribution in [0.2, 0.25) is 0 Å². The van der Waals surface area contributed by atoms with E-state index in [2.05, 4.69) is 9.47 Å². The smallest absolute Gasteiger partial charge is 0.422 e. The molecule has 1 amide bonds. The highest BCUT2D eigenvalue weighted by molar-refractivity contribution is 5.79. The zero-order valence-electron chi connectivity index (χ0n) is 8.21. The third-order valence-corrected chi connectivity index (χ3v) is 1.29. The maximum Gasteiger partial charge on any atom is 0.422 e. The number of aliphatic carboxylic acids is 1. The van der Waals surface area contributed by atoms with Crippen LogP contribution in [0.3, 0.4) is 0 Å². The summed E-state index contributed by atoms with van der Waals surface area (Å²) in [4.78, 5) is 21.2. The summed E-state index contributed by atoms with van der Waals surface area (Å²) in [5.74, 6) is -1.44. The third kappa shape index (κ3) is 6.87. The van der Waals surface area contributed by atoms with Gasteiger partial charge in [0, 0.05) is 7.11 Å². The largest absolute Gasteiger partial charge is 0.480 e. The van der Waals surface area contributed by atoms with Gasteiger partial charge in [-0.05, 0) is 0 Å². The Hall–Kier alpha value is -1.51. The Kier molecular flexibility index (Phi) is 5.57. The lowest BCUT2D eigenvalue weighted by molar-refractivity contribution is -0.160. The maximum absolute atomic E-state index is 11.6. The van der Waals surface area contributed by atoms with Gasteiger partial charge in [0.05, 0.1) is 6.61 Å². The van der Waals surface area contributed by atoms with Gasteiger partial charge in [0.25, 0.3) is 0 Å². The second-order valence-corrected chi connectivity index (χ2v) is 2.68. The minimum absolute atomic E-state index is 0.379. The normalized spacial score (nSPS) is 13.0. The topological polar surface area (TPSA) is 84.9 Å². The van der Waals surface area contributed by atoms with E-state index >= 15 is 0 Å². The van der Waals surface area contributed by atoms with Crippen molar-refractivity contribution < 1.29 is 37.3 Å². The fourth-order valence-corrected chi connectivity index (χ4v) is 0.673. The predicted octanol–water partition coefficient (Wildman–Crippen LogP) is 0.375. The first-order valence-electron chi connectivity index (χ1n) is 3.98. The second kappa shape index (κ2) is 6.16. The second-order valence-electron chi connectivity index (χ2n) is 2.68. The van der Waals surface area contributed by atoms with Gasteiger partial charge in [-0.2, -0.15) is 13.2 Å². The first-order chi connectivity index (χ1) is 7.26. The zero-order chi connectivity index (χ0) is 12.8. The number of carboxylic acids is 1. The standard InChI is InChI=1S/C7H10F3NO5/c1-15-2-4(5(12)13)11-6(14)16-3-7(8,9)10/h4H,2-3H2,1H3,(H,11,14)(H,12,13). The van der Waals surface area contributed by atoms with Gasteiger partial charge in [-0.25, -0.2) is 9.59 Å². The summed E-state index contributed by atoms with van der Waals surface area (Å²) in [6.07, 6.45) is -6.13. The number of halogens is 3. The van der Waals surface area contributed by atoms with Gasteiger partial charge in [0.1, 0.15) is 0 Å². The molecule has 1 unspecified atom stereocenters. The zero-order valence-corrected chi connectivity index (χ0v) is 8.21. The van der Waals surface area contributed by atoms with Crippen LogP contribution < -0.4 is 5.32 Å². The number of carbonyl (C=O) groups is 2. The highest BCUT2D eigenvalue weighted by Crippen LogP contribution is 2.14. The van der Waals surface area contributed by atoms with Gasteiger partial charge in [0.2, 0.25) is 0 Å². The molecule has 0 aromatic rings. The molecular weight excluding hydrogens is 235 g/mol. The van der Waals surface area contributed by atoms with Crippen molar-refractivity contribution >= 4 is 12.1 Å². The van der Waals surface area contributed by atoms with Crippen LogP contribution in [0.4, 0.5) is 18.0 Å². The van der Waals surface area contributed by atoms with Crippen molar-refractivity contribution in [2.45, 2.75) is 12.2 Å². The molecule has 0 aliphatic rings. The summed E-state index contributed by atoms with van der Waals surface area (Å²) in [5, 5.41) is 10.2. The summed E-state index contributed by atoms with van der Waals surface area (Å²) in [7, 11) is 1.18. The van der Waals surface area contributed by atoms with Crippen molar-refractivity contribution in [2.75, 3.05) is 20.3 Å². The quantitative estimate of drug-likeness (QED) is 0.731. The van der Waals surface area contributed by atoms with Crippen LogP contribution in [0.25, 0.3) is 0 Å². The van der Waals surface area contributed by atoms with Gasteiger partial charge in [-0.1, -0.05) is 0 Å². The lowest BCUT2D eigenvalue weighted by atomic mass is 10.3. The molecule has 0 fully saturated rings. The first kappa shape index (κ1) is 14.5. The lowest BCUT2D eigenvalue weighted by Crippen LogP contribution is -2.44. The van der Waals surface area contributed by atoms with Crippen LogP contribution in [0.15, 0.2) is 0 Å². The lowest BCUT2D eigenvalue weighted by Gasteiger charge is -2.14. The summed E-state index contributed by atoms with van der Waals surface area (Å²) in [6.45, 7) is -2.16. The molecule has 0 spiro atoms. The van der Waals surface area contributed by atoms with E-state index in [4.69, 9.17) is 5.11 Å². The van der Waals surface area contributed by atoms with E-state index in [0.717, 1.165) is 0 Å². The Bertz CT molecular complexity index is 255. The van der Waals surface area contributed by atoms with Gasteiger partial charge >= 0.3 is 18.2 Å². The average Bonchev–Trinajstić information content (AvgIpc) is 2.13. The van der Waals surface area contributed by atoms with E-state index in [-0.39, 0.29) is 6.61 Å². The molecule has 94 valence electrons. The molecule has 0 saturated heterocycles. The molecule has 1 atom stereocenters. The highest BCUT2D eigenvalue weighted by atomic mass is 19.4. The van der Waals surface area contributed by atoms with Crippen molar-refractivity contribution in [2.24, 2.45) is 0 Å². The molecule has 0 aliphatic heterocycles. The summed E-state index contributed by atoms with van der Waals surface area (Å²) < 4.78 is 43.0. The number of nitrogens with one attached hydrogen (secondary N) is 1. The van der Waals surface area contributed by atoms with Crippen LogP contribution in [-0.2, 0) is 14.3 Å². The molecule has 0 aliphatic carbocycles. The Labute approximate surface area is 88.3 Å². The fourth-order valence-electron chi connectivity index (χ4n) is 0.673. The van der Waals surface area contributed by atoms with E-state index in [0.29, 0.717) is 0 Å². The number of carboxylic acid groups (broad SMARTS) is 1. The van der Waals surface area contributed by atoms with Gasteiger partial charge in [0.15, 0.2) is 12.6 Å². The molecule has 0 radical (unpaired) electrons. The van der Waals surface area contributed by atoms with Gasteiger partial charge in [-0.3, -0.25) is 0 Å². The number of rotatable bonds is 5. The summed E-state index contributed by atoms with van der Waals surface area (Å²) in [5.41, 5.74) is 0.